The van der Waals surface area contributed by atoms with Crippen LogP contribution in [0.15, 0.2) is 47.6 Å². The number of likely N-dealkylation sites (tertiary alicyclic amines) is 1. The fourth-order valence-corrected chi connectivity index (χ4v) is 5.43. The third-order valence-corrected chi connectivity index (χ3v) is 7.44. The van der Waals surface area contributed by atoms with Gasteiger partial charge >= 0.3 is 0 Å². The molecule has 164 valence electrons. The maximum Gasteiger partial charge on any atom is 0.253 e. The van der Waals surface area contributed by atoms with Crippen LogP contribution in [0.3, 0.4) is 0 Å². The summed E-state index contributed by atoms with van der Waals surface area (Å²) in [6.45, 7) is 8.05. The second kappa shape index (κ2) is 9.70. The van der Waals surface area contributed by atoms with E-state index in [1.54, 1.807) is 12.3 Å². The van der Waals surface area contributed by atoms with Gasteiger partial charge in [-0.3, -0.25) is 14.1 Å². The van der Waals surface area contributed by atoms with Gasteiger partial charge in [0.2, 0.25) is 0 Å². The Morgan fingerprint density at radius 1 is 1.23 bits per heavy atom. The summed E-state index contributed by atoms with van der Waals surface area (Å²) in [7, 11) is -0.989. The number of benzene rings is 1. The Morgan fingerprint density at radius 3 is 2.68 bits per heavy atom. The van der Waals surface area contributed by atoms with Crippen molar-refractivity contribution < 1.29 is 9.00 Å². The maximum atomic E-state index is 13.0. The molecule has 3 aromatic rings. The number of hydrogen-bond acceptors (Lipinski definition) is 5. The predicted octanol–water partition coefficient (Wildman–Crippen LogP) is 3.12. The summed E-state index contributed by atoms with van der Waals surface area (Å²) in [5.41, 5.74) is 2.12. The van der Waals surface area contributed by atoms with Gasteiger partial charge in [-0.05, 0) is 55.6 Å². The van der Waals surface area contributed by atoms with Gasteiger partial charge in [-0.1, -0.05) is 26.0 Å². The topological polar surface area (TPSA) is 91.0 Å². The van der Waals surface area contributed by atoms with Gasteiger partial charge in [0, 0.05) is 34.8 Å². The number of rotatable bonds is 7. The number of aromatic amines is 1. The minimum Gasteiger partial charge on any atom is -0.348 e. The molecule has 0 bridgehead atoms. The first-order valence-electron chi connectivity index (χ1n) is 10.8. The molecule has 0 saturated carbocycles. The Balaban J connectivity index is 1.30. The zero-order valence-electron chi connectivity index (χ0n) is 18.0. The highest BCUT2D eigenvalue weighted by atomic mass is 32.2. The highest BCUT2D eigenvalue weighted by Crippen LogP contribution is 2.22. The van der Waals surface area contributed by atoms with E-state index < -0.39 is 10.8 Å². The van der Waals surface area contributed by atoms with E-state index in [9.17, 15) is 9.00 Å². The van der Waals surface area contributed by atoms with Crippen molar-refractivity contribution in [1.29, 1.82) is 0 Å². The van der Waals surface area contributed by atoms with Gasteiger partial charge in [-0.2, -0.15) is 5.10 Å². The van der Waals surface area contributed by atoms with E-state index in [-0.39, 0.29) is 11.2 Å². The molecule has 0 aliphatic carbocycles. The van der Waals surface area contributed by atoms with Gasteiger partial charge < -0.3 is 10.2 Å². The van der Waals surface area contributed by atoms with Crippen molar-refractivity contribution in [2.45, 2.75) is 43.4 Å². The molecule has 1 amide bonds. The number of hydrogen-bond donors (Lipinski definition) is 2. The van der Waals surface area contributed by atoms with Gasteiger partial charge in [-0.25, -0.2) is 4.98 Å². The second-order valence-electron chi connectivity index (χ2n) is 8.55. The van der Waals surface area contributed by atoms with Gasteiger partial charge in [0.1, 0.15) is 0 Å². The average molecular weight is 440 g/mol. The lowest BCUT2D eigenvalue weighted by Gasteiger charge is -2.32. The molecule has 7 nitrogen and oxygen atoms in total. The van der Waals surface area contributed by atoms with Crippen molar-refractivity contribution in [3.05, 3.63) is 53.9 Å². The number of piperidine rings is 1. The van der Waals surface area contributed by atoms with Gasteiger partial charge in [0.25, 0.3) is 5.91 Å². The number of carbonyl (C=O) groups excluding carboxylic acids is 1. The normalized spacial score (nSPS) is 16.6. The molecule has 1 atom stereocenters. The van der Waals surface area contributed by atoms with E-state index in [0.717, 1.165) is 48.3 Å². The minimum atomic E-state index is -0.989. The molecular weight excluding hydrogens is 410 g/mol. The summed E-state index contributed by atoms with van der Waals surface area (Å²) < 4.78 is 13.0. The van der Waals surface area contributed by atoms with E-state index >= 15 is 0 Å². The van der Waals surface area contributed by atoms with Crippen molar-refractivity contribution in [3.63, 3.8) is 0 Å². The molecule has 0 radical (unpaired) electrons. The largest absolute Gasteiger partial charge is 0.348 e. The summed E-state index contributed by atoms with van der Waals surface area (Å²) in [5.74, 6) is 0.483. The van der Waals surface area contributed by atoms with Crippen molar-refractivity contribution in [1.82, 2.24) is 25.4 Å². The molecule has 2 N–H and O–H groups in total. The minimum absolute atomic E-state index is 0.184. The summed E-state index contributed by atoms with van der Waals surface area (Å²) in [6, 6.07) is 9.51. The van der Waals surface area contributed by atoms with Crippen LogP contribution in [0.4, 0.5) is 0 Å². The van der Waals surface area contributed by atoms with E-state index in [4.69, 9.17) is 0 Å². The number of H-pyrrole nitrogens is 1. The van der Waals surface area contributed by atoms with Gasteiger partial charge in [0.05, 0.1) is 22.6 Å². The lowest BCUT2D eigenvalue weighted by atomic mass is 10.1. The van der Waals surface area contributed by atoms with Crippen LogP contribution in [0.5, 0.6) is 0 Å². The van der Waals surface area contributed by atoms with E-state index in [2.05, 4.69) is 39.2 Å². The zero-order chi connectivity index (χ0) is 21.8. The fourth-order valence-electron chi connectivity index (χ4n) is 4.00. The third-order valence-electron chi connectivity index (χ3n) is 5.62. The molecule has 1 aliphatic rings. The number of nitrogens with one attached hydrogen (secondary N) is 2. The van der Waals surface area contributed by atoms with Crippen LogP contribution in [-0.2, 0) is 17.3 Å². The lowest BCUT2D eigenvalue weighted by molar-refractivity contribution is 0.0950. The van der Waals surface area contributed by atoms with E-state index in [1.807, 2.05) is 24.3 Å². The number of fused-ring (bicyclic) bond motifs is 1. The van der Waals surface area contributed by atoms with Crippen LogP contribution >= 0.6 is 0 Å². The Morgan fingerprint density at radius 2 is 1.97 bits per heavy atom. The summed E-state index contributed by atoms with van der Waals surface area (Å²) >= 11 is 0. The Bertz CT molecular complexity index is 1060. The molecule has 1 fully saturated rings. The number of carbonyl (C=O) groups is 1. The van der Waals surface area contributed by atoms with Crippen molar-refractivity contribution >= 4 is 27.7 Å². The quantitative estimate of drug-likeness (QED) is 0.590. The summed E-state index contributed by atoms with van der Waals surface area (Å²) in [6.07, 6.45) is 5.14. The Kier molecular flexibility index (Phi) is 6.77. The molecule has 0 spiro atoms. The molecule has 1 unspecified atom stereocenters. The van der Waals surface area contributed by atoms with Crippen LogP contribution in [0.25, 0.3) is 11.0 Å². The zero-order valence-corrected chi connectivity index (χ0v) is 18.8. The van der Waals surface area contributed by atoms with Gasteiger partial charge in [-0.15, -0.1) is 0 Å². The highest BCUT2D eigenvalue weighted by Gasteiger charge is 2.25. The van der Waals surface area contributed by atoms with Crippen molar-refractivity contribution in [2.24, 2.45) is 5.92 Å². The van der Waals surface area contributed by atoms with Crippen LogP contribution in [-0.4, -0.2) is 55.1 Å². The third kappa shape index (κ3) is 5.37. The van der Waals surface area contributed by atoms with Gasteiger partial charge in [0.15, 0.2) is 5.65 Å². The fraction of sp³-hybridized carbons (Fsp3) is 0.435. The summed E-state index contributed by atoms with van der Waals surface area (Å²) in [4.78, 5) is 20.0. The Labute approximate surface area is 185 Å². The molecule has 3 heterocycles. The van der Waals surface area contributed by atoms with E-state index in [0.29, 0.717) is 23.7 Å². The van der Waals surface area contributed by atoms with Crippen LogP contribution in [0, 0.1) is 5.92 Å². The molecule has 1 aromatic carbocycles. The smallest absolute Gasteiger partial charge is 0.253 e. The average Bonchev–Trinajstić information content (AvgIpc) is 3.25. The molecular formula is C23H29N5O2S. The first-order valence-corrected chi connectivity index (χ1v) is 12.0. The predicted molar refractivity (Wildman–Crippen MR) is 122 cm³/mol. The van der Waals surface area contributed by atoms with E-state index in [1.165, 1.54) is 6.20 Å². The lowest BCUT2D eigenvalue weighted by Crippen LogP contribution is -2.39. The van der Waals surface area contributed by atoms with Crippen LogP contribution < -0.4 is 5.32 Å². The summed E-state index contributed by atoms with van der Waals surface area (Å²) in [5, 5.41) is 10.6. The first-order chi connectivity index (χ1) is 15.0. The van der Waals surface area contributed by atoms with Crippen LogP contribution in [0.1, 0.15) is 42.6 Å². The standard InChI is InChI=1S/C23H29N5O2S/c1-16(2)15-28-9-7-21(8-10-28)31(30)20-5-3-17(4-6-20)12-25-23(29)19-11-18-14-26-27-22(18)24-13-19/h3-6,11,13-14,16,21H,7-10,12,15H2,1-2H3,(H,25,29)(H,24,26,27). The molecule has 1 aliphatic heterocycles. The second-order valence-corrected chi connectivity index (χ2v) is 10.3. The molecule has 2 aromatic heterocycles. The number of pyridine rings is 1. The monoisotopic (exact) mass is 439 g/mol. The molecule has 1 saturated heterocycles. The Hall–Kier alpha value is -2.58. The SMILES string of the molecule is CC(C)CN1CCC(S(=O)c2ccc(CNC(=O)c3cnc4[nH]ncc4c3)cc2)CC1. The van der Waals surface area contributed by atoms with Crippen LogP contribution in [0.2, 0.25) is 0 Å². The van der Waals surface area contributed by atoms with Crippen molar-refractivity contribution in [2.75, 3.05) is 19.6 Å². The van der Waals surface area contributed by atoms with Crippen molar-refractivity contribution in [3.8, 4) is 0 Å². The maximum absolute atomic E-state index is 13.0. The number of amides is 1. The number of nitrogens with zero attached hydrogens (tertiary/aromatic N) is 3. The first kappa shape index (κ1) is 21.6. The molecule has 4 rings (SSSR count). The molecule has 8 heteroatoms. The highest BCUT2D eigenvalue weighted by molar-refractivity contribution is 7.85. The number of aromatic nitrogens is 3. The molecule has 31 heavy (non-hydrogen) atoms.